The lowest BCUT2D eigenvalue weighted by Crippen LogP contribution is -2.45. The Labute approximate surface area is 75.2 Å². The molecular formula is C7H15NO3S. The highest BCUT2D eigenvalue weighted by atomic mass is 32.2. The van der Waals surface area contributed by atoms with Crippen molar-refractivity contribution in [3.8, 4) is 0 Å². The Bertz CT molecular complexity index is 159. The van der Waals surface area contributed by atoms with Crippen LogP contribution in [0.15, 0.2) is 0 Å². The molecule has 12 heavy (non-hydrogen) atoms. The second-order valence-electron chi connectivity index (χ2n) is 2.79. The van der Waals surface area contributed by atoms with Crippen LogP contribution < -0.4 is 0 Å². The van der Waals surface area contributed by atoms with E-state index >= 15 is 0 Å². The van der Waals surface area contributed by atoms with Gasteiger partial charge in [-0.15, -0.1) is 0 Å². The Morgan fingerprint density at radius 3 is 2.58 bits per heavy atom. The molecule has 0 aromatic carbocycles. The first-order chi connectivity index (χ1) is 5.75. The third-order valence-corrected chi connectivity index (χ3v) is 3.13. The van der Waals surface area contributed by atoms with Crippen LogP contribution in [0.1, 0.15) is 13.3 Å². The van der Waals surface area contributed by atoms with E-state index < -0.39 is 11.1 Å². The van der Waals surface area contributed by atoms with Crippen molar-refractivity contribution in [2.24, 2.45) is 0 Å². The number of rotatable bonds is 3. The lowest BCUT2D eigenvalue weighted by Gasteiger charge is -2.31. The third-order valence-electron chi connectivity index (χ3n) is 2.03. The van der Waals surface area contributed by atoms with E-state index in [2.05, 4.69) is 0 Å². The Morgan fingerprint density at radius 1 is 1.58 bits per heavy atom. The first kappa shape index (κ1) is 10.1. The lowest BCUT2D eigenvalue weighted by molar-refractivity contribution is 0.0303. The van der Waals surface area contributed by atoms with Gasteiger partial charge in [0.25, 0.3) is 0 Å². The van der Waals surface area contributed by atoms with Crippen molar-refractivity contribution in [2.45, 2.75) is 18.7 Å². The molecule has 0 aromatic rings. The van der Waals surface area contributed by atoms with Gasteiger partial charge in [-0.2, -0.15) is 0 Å². The van der Waals surface area contributed by atoms with Crippen LogP contribution in [0.2, 0.25) is 0 Å². The summed E-state index contributed by atoms with van der Waals surface area (Å²) in [5, 5.41) is -0.214. The molecule has 0 spiro atoms. The molecule has 0 amide bonds. The zero-order chi connectivity index (χ0) is 8.97. The molecule has 1 saturated heterocycles. The fourth-order valence-corrected chi connectivity index (χ4v) is 2.14. The number of hydrogen-bond donors (Lipinski definition) is 1. The van der Waals surface area contributed by atoms with Crippen molar-refractivity contribution in [2.75, 3.05) is 26.3 Å². The smallest absolute Gasteiger partial charge is 0.170 e. The molecular weight excluding hydrogens is 178 g/mol. The fraction of sp³-hybridized carbons (Fsp3) is 1.00. The molecule has 0 radical (unpaired) electrons. The van der Waals surface area contributed by atoms with Crippen molar-refractivity contribution in [1.29, 1.82) is 0 Å². The van der Waals surface area contributed by atoms with E-state index in [1.807, 2.05) is 11.8 Å². The molecule has 1 aliphatic rings. The summed E-state index contributed by atoms with van der Waals surface area (Å²) >= 11 is -1.73. The van der Waals surface area contributed by atoms with Crippen LogP contribution in [0.5, 0.6) is 0 Å². The molecule has 1 fully saturated rings. The first-order valence-corrected chi connectivity index (χ1v) is 5.34. The maximum Gasteiger partial charge on any atom is 0.170 e. The summed E-state index contributed by atoms with van der Waals surface area (Å²) in [7, 11) is 0. The van der Waals surface area contributed by atoms with Gasteiger partial charge in [-0.3, -0.25) is 4.90 Å². The van der Waals surface area contributed by atoms with E-state index in [9.17, 15) is 4.21 Å². The van der Waals surface area contributed by atoms with E-state index in [4.69, 9.17) is 9.29 Å². The lowest BCUT2D eigenvalue weighted by atomic mass is 10.3. The Kier molecular flexibility index (Phi) is 4.14. The first-order valence-electron chi connectivity index (χ1n) is 4.17. The van der Waals surface area contributed by atoms with Crippen LogP contribution in [-0.4, -0.2) is 45.3 Å². The van der Waals surface area contributed by atoms with Crippen molar-refractivity contribution in [3.63, 3.8) is 0 Å². The summed E-state index contributed by atoms with van der Waals surface area (Å²) in [5.74, 6) is 0. The van der Waals surface area contributed by atoms with Gasteiger partial charge in [-0.05, 0) is 6.42 Å². The van der Waals surface area contributed by atoms with Crippen molar-refractivity contribution >= 4 is 11.1 Å². The molecule has 1 rings (SSSR count). The normalized spacial score (nSPS) is 25.2. The summed E-state index contributed by atoms with van der Waals surface area (Å²) in [6.07, 6.45) is 0.711. The highest BCUT2D eigenvalue weighted by molar-refractivity contribution is 7.79. The Balaban J connectivity index is 2.46. The molecule has 1 heterocycles. The average Bonchev–Trinajstić information content (AvgIpc) is 2.07. The van der Waals surface area contributed by atoms with Crippen molar-refractivity contribution in [1.82, 2.24) is 4.90 Å². The van der Waals surface area contributed by atoms with Crippen LogP contribution in [0.3, 0.4) is 0 Å². The Hall–Kier alpha value is 0.0300. The van der Waals surface area contributed by atoms with Crippen LogP contribution in [0.25, 0.3) is 0 Å². The van der Waals surface area contributed by atoms with Gasteiger partial charge in [0, 0.05) is 13.1 Å². The Morgan fingerprint density at radius 2 is 2.17 bits per heavy atom. The van der Waals surface area contributed by atoms with Crippen molar-refractivity contribution < 1.29 is 13.5 Å². The van der Waals surface area contributed by atoms with Crippen LogP contribution in [0, 0.1) is 0 Å². The topological polar surface area (TPSA) is 49.8 Å². The molecule has 72 valence electrons. The zero-order valence-corrected chi connectivity index (χ0v) is 8.05. The van der Waals surface area contributed by atoms with E-state index in [0.29, 0.717) is 19.6 Å². The summed E-state index contributed by atoms with van der Waals surface area (Å²) < 4.78 is 25.0. The van der Waals surface area contributed by atoms with Crippen LogP contribution in [-0.2, 0) is 15.8 Å². The van der Waals surface area contributed by atoms with Gasteiger partial charge in [-0.1, -0.05) is 6.92 Å². The van der Waals surface area contributed by atoms with Gasteiger partial charge in [0.2, 0.25) is 0 Å². The predicted molar refractivity (Wildman–Crippen MR) is 47.2 cm³/mol. The minimum atomic E-state index is -1.73. The maximum atomic E-state index is 10.9. The van der Waals surface area contributed by atoms with E-state index in [1.54, 1.807) is 0 Å². The molecule has 1 aliphatic heterocycles. The van der Waals surface area contributed by atoms with Crippen LogP contribution in [0.4, 0.5) is 0 Å². The summed E-state index contributed by atoms with van der Waals surface area (Å²) in [6.45, 7) is 4.81. The van der Waals surface area contributed by atoms with Gasteiger partial charge < -0.3 is 9.29 Å². The second kappa shape index (κ2) is 4.91. The molecule has 0 saturated carbocycles. The molecule has 2 unspecified atom stereocenters. The number of nitrogens with zero attached hydrogens (tertiary/aromatic N) is 1. The highest BCUT2D eigenvalue weighted by Crippen LogP contribution is 2.09. The number of ether oxygens (including phenoxy) is 1. The quantitative estimate of drug-likeness (QED) is 0.654. The standard InChI is InChI=1S/C7H15NO3S/c1-2-7(12(9)10)8-3-5-11-6-4-8/h7H,2-6H2,1H3,(H,9,10). The molecule has 0 bridgehead atoms. The molecule has 4 nitrogen and oxygen atoms in total. The maximum absolute atomic E-state index is 10.9. The van der Waals surface area contributed by atoms with Crippen LogP contribution >= 0.6 is 0 Å². The largest absolute Gasteiger partial charge is 0.379 e. The van der Waals surface area contributed by atoms with E-state index in [-0.39, 0.29) is 5.37 Å². The van der Waals surface area contributed by atoms with Gasteiger partial charge in [0.15, 0.2) is 11.1 Å². The number of morpholine rings is 1. The summed E-state index contributed by atoms with van der Waals surface area (Å²) in [4.78, 5) is 2.01. The summed E-state index contributed by atoms with van der Waals surface area (Å²) in [6, 6.07) is 0. The zero-order valence-electron chi connectivity index (χ0n) is 7.23. The predicted octanol–water partition coefficient (Wildman–Crippen LogP) is 0.276. The van der Waals surface area contributed by atoms with Gasteiger partial charge >= 0.3 is 0 Å². The van der Waals surface area contributed by atoms with Crippen molar-refractivity contribution in [3.05, 3.63) is 0 Å². The summed E-state index contributed by atoms with van der Waals surface area (Å²) in [5.41, 5.74) is 0. The average molecular weight is 193 g/mol. The van der Waals surface area contributed by atoms with E-state index in [0.717, 1.165) is 13.1 Å². The minimum absolute atomic E-state index is 0.214. The monoisotopic (exact) mass is 193 g/mol. The molecule has 0 aliphatic carbocycles. The third kappa shape index (κ3) is 2.52. The minimum Gasteiger partial charge on any atom is -0.379 e. The van der Waals surface area contributed by atoms with Gasteiger partial charge in [0.1, 0.15) is 5.37 Å². The molecule has 0 aromatic heterocycles. The molecule has 2 atom stereocenters. The molecule has 5 heteroatoms. The SMILES string of the molecule is CCC(N1CCOCC1)S(=O)O. The second-order valence-corrected chi connectivity index (χ2v) is 3.88. The highest BCUT2D eigenvalue weighted by Gasteiger charge is 2.23. The van der Waals surface area contributed by atoms with E-state index in [1.165, 1.54) is 0 Å². The fourth-order valence-electron chi connectivity index (χ4n) is 1.39. The number of hydrogen-bond acceptors (Lipinski definition) is 3. The van der Waals surface area contributed by atoms with Gasteiger partial charge in [-0.25, -0.2) is 4.21 Å². The molecule has 1 N–H and O–H groups in total. The van der Waals surface area contributed by atoms with Gasteiger partial charge in [0.05, 0.1) is 13.2 Å².